The minimum Gasteiger partial charge on any atom is -0.492 e. The topological polar surface area (TPSA) is 66.5 Å². The number of pyridine rings is 1. The number of hydrogen-bond acceptors (Lipinski definition) is 4. The zero-order valence-corrected chi connectivity index (χ0v) is 21.4. The van der Waals surface area contributed by atoms with Crippen LogP contribution < -0.4 is 15.4 Å². The fraction of sp³-hybridized carbons (Fsp3) is 0.185. The molecule has 0 bridgehead atoms. The summed E-state index contributed by atoms with van der Waals surface area (Å²) in [5, 5.41) is 7.96. The molecular formula is C27H27IN4O2. The smallest absolute Gasteiger partial charge is 0.323 e. The summed E-state index contributed by atoms with van der Waals surface area (Å²) < 4.78 is 6.94. The Hall–Kier alpha value is -3.17. The molecule has 0 unspecified atom stereocenters. The van der Waals surface area contributed by atoms with Gasteiger partial charge in [-0.05, 0) is 90.0 Å². The molecule has 0 saturated heterocycles. The van der Waals surface area contributed by atoms with Crippen LogP contribution in [0.3, 0.4) is 0 Å². The number of urea groups is 1. The van der Waals surface area contributed by atoms with Gasteiger partial charge in [0.15, 0.2) is 0 Å². The van der Waals surface area contributed by atoms with Crippen molar-refractivity contribution in [2.45, 2.75) is 6.42 Å². The number of aromatic nitrogens is 1. The number of carbonyl (C=O) groups is 1. The van der Waals surface area contributed by atoms with Crippen LogP contribution in [0.5, 0.6) is 5.75 Å². The van der Waals surface area contributed by atoms with Gasteiger partial charge in [0.05, 0.1) is 15.9 Å². The Morgan fingerprint density at radius 2 is 1.74 bits per heavy atom. The number of nitrogens with zero attached hydrogens (tertiary/aromatic N) is 2. The second-order valence-corrected chi connectivity index (χ2v) is 9.33. The summed E-state index contributed by atoms with van der Waals surface area (Å²) in [6.07, 6.45) is 4.50. The van der Waals surface area contributed by atoms with Crippen LogP contribution in [0.25, 0.3) is 21.9 Å². The second kappa shape index (κ2) is 11.3. The van der Waals surface area contributed by atoms with Crippen LogP contribution in [-0.2, 0) is 0 Å². The molecule has 4 aromatic rings. The highest BCUT2D eigenvalue weighted by Gasteiger charge is 2.11. The van der Waals surface area contributed by atoms with Crippen LogP contribution in [0.1, 0.15) is 6.42 Å². The van der Waals surface area contributed by atoms with E-state index in [9.17, 15) is 4.79 Å². The lowest BCUT2D eigenvalue weighted by Gasteiger charge is -2.15. The molecule has 2 N–H and O–H groups in total. The summed E-state index contributed by atoms with van der Waals surface area (Å²) in [7, 11) is 4.09. The monoisotopic (exact) mass is 566 g/mol. The highest BCUT2D eigenvalue weighted by Crippen LogP contribution is 2.33. The van der Waals surface area contributed by atoms with E-state index < -0.39 is 0 Å². The first-order chi connectivity index (χ1) is 16.5. The van der Waals surface area contributed by atoms with Gasteiger partial charge in [0, 0.05) is 36.1 Å². The average molecular weight is 566 g/mol. The number of rotatable bonds is 8. The van der Waals surface area contributed by atoms with Gasteiger partial charge in [-0.15, -0.1) is 0 Å². The first-order valence-electron chi connectivity index (χ1n) is 11.1. The van der Waals surface area contributed by atoms with E-state index in [1.54, 1.807) is 12.4 Å². The summed E-state index contributed by atoms with van der Waals surface area (Å²) in [5.41, 5.74) is 3.60. The summed E-state index contributed by atoms with van der Waals surface area (Å²) in [6.45, 7) is 1.59. The standard InChI is InChI=1S/C27H27IN4O2/c1-32(2)16-5-17-34-26-18-20(8-10-24(26)28)30-27(33)31-25-11-9-21(19-12-14-29-15-13-19)22-6-3-4-7-23(22)25/h3-4,6-15,18H,5,16-17H2,1-2H3,(H2,30,31,33). The highest BCUT2D eigenvalue weighted by molar-refractivity contribution is 14.1. The molecule has 0 saturated carbocycles. The van der Waals surface area contributed by atoms with Crippen molar-refractivity contribution in [2.75, 3.05) is 37.9 Å². The Morgan fingerprint density at radius 1 is 0.971 bits per heavy atom. The quantitative estimate of drug-likeness (QED) is 0.189. The number of fused-ring (bicyclic) bond motifs is 1. The highest BCUT2D eigenvalue weighted by atomic mass is 127. The van der Waals surface area contributed by atoms with Crippen LogP contribution in [0.2, 0.25) is 0 Å². The normalized spacial score (nSPS) is 10.9. The van der Waals surface area contributed by atoms with E-state index in [4.69, 9.17) is 4.74 Å². The van der Waals surface area contributed by atoms with Crippen molar-refractivity contribution >= 4 is 50.8 Å². The number of anilines is 2. The molecule has 7 heteroatoms. The predicted octanol–water partition coefficient (Wildman–Crippen LogP) is 6.48. The summed E-state index contributed by atoms with van der Waals surface area (Å²) in [5.74, 6) is 0.768. The van der Waals surface area contributed by atoms with Crippen molar-refractivity contribution in [3.8, 4) is 16.9 Å². The van der Waals surface area contributed by atoms with Gasteiger partial charge >= 0.3 is 6.03 Å². The Labute approximate surface area is 213 Å². The van der Waals surface area contributed by atoms with Crippen LogP contribution in [0.4, 0.5) is 16.2 Å². The van der Waals surface area contributed by atoms with Gasteiger partial charge in [-0.1, -0.05) is 30.3 Å². The van der Waals surface area contributed by atoms with Gasteiger partial charge < -0.3 is 20.3 Å². The van der Waals surface area contributed by atoms with Crippen molar-refractivity contribution in [1.29, 1.82) is 0 Å². The summed E-state index contributed by atoms with van der Waals surface area (Å²) >= 11 is 2.24. The van der Waals surface area contributed by atoms with E-state index in [0.717, 1.165) is 49.9 Å². The van der Waals surface area contributed by atoms with Crippen LogP contribution in [-0.4, -0.2) is 43.2 Å². The average Bonchev–Trinajstić information content (AvgIpc) is 2.84. The van der Waals surface area contributed by atoms with Gasteiger partial charge in [0.2, 0.25) is 0 Å². The summed E-state index contributed by atoms with van der Waals surface area (Å²) in [4.78, 5) is 19.1. The van der Waals surface area contributed by atoms with E-state index in [-0.39, 0.29) is 6.03 Å². The molecule has 0 aliphatic carbocycles. The van der Waals surface area contributed by atoms with E-state index in [0.29, 0.717) is 12.3 Å². The third-order valence-corrected chi connectivity index (χ3v) is 6.25. The molecule has 0 aliphatic heterocycles. The lowest BCUT2D eigenvalue weighted by molar-refractivity contribution is 0.262. The molecule has 34 heavy (non-hydrogen) atoms. The molecule has 0 radical (unpaired) electrons. The van der Waals surface area contributed by atoms with Gasteiger partial charge in [0.1, 0.15) is 5.75 Å². The summed E-state index contributed by atoms with van der Waals surface area (Å²) in [6, 6.07) is 21.4. The van der Waals surface area contributed by atoms with Crippen molar-refractivity contribution in [1.82, 2.24) is 9.88 Å². The van der Waals surface area contributed by atoms with Gasteiger partial charge in [-0.2, -0.15) is 0 Å². The maximum atomic E-state index is 12.8. The lowest BCUT2D eigenvalue weighted by atomic mass is 9.98. The van der Waals surface area contributed by atoms with Crippen molar-refractivity contribution in [2.24, 2.45) is 0 Å². The SMILES string of the molecule is CN(C)CCCOc1cc(NC(=O)Nc2ccc(-c3ccncc3)c3ccccc23)ccc1I. The van der Waals surface area contributed by atoms with E-state index in [1.165, 1.54) is 0 Å². The number of hydrogen-bond donors (Lipinski definition) is 2. The minimum atomic E-state index is -0.304. The molecular weight excluding hydrogens is 539 g/mol. The molecule has 0 atom stereocenters. The Balaban J connectivity index is 1.48. The van der Waals surface area contributed by atoms with E-state index >= 15 is 0 Å². The first-order valence-corrected chi connectivity index (χ1v) is 12.2. The Kier molecular flexibility index (Phi) is 7.97. The van der Waals surface area contributed by atoms with Crippen LogP contribution in [0, 0.1) is 3.57 Å². The largest absolute Gasteiger partial charge is 0.492 e. The number of ether oxygens (including phenoxy) is 1. The molecule has 4 rings (SSSR count). The Morgan fingerprint density at radius 3 is 2.50 bits per heavy atom. The number of nitrogens with one attached hydrogen (secondary N) is 2. The molecule has 3 aromatic carbocycles. The fourth-order valence-electron chi connectivity index (χ4n) is 3.73. The second-order valence-electron chi connectivity index (χ2n) is 8.17. The third kappa shape index (κ3) is 6.03. The Bertz CT molecular complexity index is 1280. The molecule has 174 valence electrons. The molecule has 1 aromatic heterocycles. The van der Waals surface area contributed by atoms with Crippen LogP contribution >= 0.6 is 22.6 Å². The molecule has 0 spiro atoms. The zero-order valence-electron chi connectivity index (χ0n) is 19.2. The van der Waals surface area contributed by atoms with Gasteiger partial charge in [-0.3, -0.25) is 4.98 Å². The first kappa shape index (κ1) is 24.0. The predicted molar refractivity (Wildman–Crippen MR) is 148 cm³/mol. The van der Waals surface area contributed by atoms with E-state index in [2.05, 4.69) is 49.2 Å². The molecule has 6 nitrogen and oxygen atoms in total. The number of benzene rings is 3. The minimum absolute atomic E-state index is 0.304. The van der Waals surface area contributed by atoms with Gasteiger partial charge in [-0.25, -0.2) is 4.79 Å². The number of halogens is 1. The third-order valence-electron chi connectivity index (χ3n) is 5.36. The van der Waals surface area contributed by atoms with Crippen molar-refractivity contribution in [3.63, 3.8) is 0 Å². The fourth-order valence-corrected chi connectivity index (χ4v) is 4.22. The molecule has 2 amide bonds. The van der Waals surface area contributed by atoms with Gasteiger partial charge in [0.25, 0.3) is 0 Å². The molecule has 0 aliphatic rings. The molecule has 1 heterocycles. The lowest BCUT2D eigenvalue weighted by Crippen LogP contribution is -2.19. The number of carbonyl (C=O) groups excluding carboxylic acids is 1. The van der Waals surface area contributed by atoms with Crippen molar-refractivity contribution in [3.05, 3.63) is 82.7 Å². The maximum absolute atomic E-state index is 12.8. The van der Waals surface area contributed by atoms with Crippen molar-refractivity contribution < 1.29 is 9.53 Å². The maximum Gasteiger partial charge on any atom is 0.323 e. The molecule has 0 fully saturated rings. The zero-order chi connectivity index (χ0) is 23.9. The number of amides is 2. The van der Waals surface area contributed by atoms with E-state index in [1.807, 2.05) is 74.8 Å². The van der Waals surface area contributed by atoms with Crippen LogP contribution in [0.15, 0.2) is 79.1 Å².